The van der Waals surface area contributed by atoms with E-state index in [1.807, 2.05) is 0 Å². The summed E-state index contributed by atoms with van der Waals surface area (Å²) in [4.78, 5) is 12.5. The molecule has 1 unspecified atom stereocenters. The van der Waals surface area contributed by atoms with Gasteiger partial charge in [0.25, 0.3) is 10.0 Å². The largest absolute Gasteiger partial charge is 0.366 e. The van der Waals surface area contributed by atoms with Crippen molar-refractivity contribution in [3.8, 4) is 0 Å². The van der Waals surface area contributed by atoms with Crippen molar-refractivity contribution in [2.24, 2.45) is 5.73 Å². The quantitative estimate of drug-likeness (QED) is 0.567. The zero-order chi connectivity index (χ0) is 21.0. The van der Waals surface area contributed by atoms with Gasteiger partial charge in [-0.1, -0.05) is 24.9 Å². The van der Waals surface area contributed by atoms with E-state index in [0.717, 1.165) is 30.7 Å². The number of thiophene rings is 1. The second kappa shape index (κ2) is 9.57. The average Bonchev–Trinajstić information content (AvgIpc) is 3.32. The summed E-state index contributed by atoms with van der Waals surface area (Å²) in [6.45, 7) is 4.08. The van der Waals surface area contributed by atoms with E-state index in [0.29, 0.717) is 39.9 Å². The van der Waals surface area contributed by atoms with Gasteiger partial charge in [-0.05, 0) is 55.3 Å². The van der Waals surface area contributed by atoms with E-state index in [1.165, 1.54) is 11.3 Å². The van der Waals surface area contributed by atoms with Gasteiger partial charge >= 0.3 is 0 Å². The van der Waals surface area contributed by atoms with Crippen LogP contribution in [-0.4, -0.2) is 44.3 Å². The molecule has 3 rings (SSSR count). The minimum atomic E-state index is -3.51. The zero-order valence-electron chi connectivity index (χ0n) is 16.4. The summed E-state index contributed by atoms with van der Waals surface area (Å²) in [6, 6.07) is 8.55. The lowest BCUT2D eigenvalue weighted by Crippen LogP contribution is -2.35. The normalized spacial score (nSPS) is 17.7. The number of primary amides is 1. The van der Waals surface area contributed by atoms with E-state index >= 15 is 0 Å². The minimum absolute atomic E-state index is 0.209. The molecular weight excluding hydrogens is 430 g/mol. The summed E-state index contributed by atoms with van der Waals surface area (Å²) < 4.78 is 27.9. The summed E-state index contributed by atoms with van der Waals surface area (Å²) in [6.07, 6.45) is 3.43. The molecule has 1 aliphatic rings. The minimum Gasteiger partial charge on any atom is -0.366 e. The fourth-order valence-corrected chi connectivity index (χ4v) is 6.68. The van der Waals surface area contributed by atoms with Crippen molar-refractivity contribution in [3.63, 3.8) is 0 Å². The predicted octanol–water partition coefficient (Wildman–Crippen LogP) is 3.24. The van der Waals surface area contributed by atoms with Gasteiger partial charge in [-0.2, -0.15) is 4.31 Å². The van der Waals surface area contributed by atoms with Gasteiger partial charge in [-0.15, -0.1) is 11.3 Å². The van der Waals surface area contributed by atoms with Gasteiger partial charge < -0.3 is 11.1 Å². The number of carbonyl (C=O) groups excluding carboxylic acids is 1. The molecule has 0 bridgehead atoms. The number of sulfonamides is 1. The number of rotatable bonds is 9. The van der Waals surface area contributed by atoms with Crippen LogP contribution in [-0.2, 0) is 16.4 Å². The van der Waals surface area contributed by atoms with Crippen molar-refractivity contribution in [3.05, 3.63) is 51.4 Å². The molecule has 9 heteroatoms. The Morgan fingerprint density at radius 2 is 2.14 bits per heavy atom. The highest BCUT2D eigenvalue weighted by molar-refractivity contribution is 7.91. The molecule has 1 amide bonds. The Balaban J connectivity index is 1.71. The zero-order valence-corrected chi connectivity index (χ0v) is 18.7. The van der Waals surface area contributed by atoms with Crippen molar-refractivity contribution in [1.82, 2.24) is 9.62 Å². The molecule has 1 atom stereocenters. The molecule has 1 saturated heterocycles. The van der Waals surface area contributed by atoms with E-state index < -0.39 is 15.9 Å². The number of benzene rings is 1. The number of amides is 1. The molecule has 1 fully saturated rings. The maximum Gasteiger partial charge on any atom is 0.252 e. The number of hydrogen-bond acceptors (Lipinski definition) is 5. The highest BCUT2D eigenvalue weighted by Crippen LogP contribution is 2.30. The van der Waals surface area contributed by atoms with Crippen LogP contribution in [0.2, 0.25) is 5.02 Å². The van der Waals surface area contributed by atoms with Crippen LogP contribution < -0.4 is 11.1 Å². The van der Waals surface area contributed by atoms with Gasteiger partial charge in [0.15, 0.2) is 0 Å². The number of nitrogens with two attached hydrogens (primary N) is 1. The molecule has 29 heavy (non-hydrogen) atoms. The number of hydrogen-bond donors (Lipinski definition) is 2. The molecule has 0 radical (unpaired) electrons. The van der Waals surface area contributed by atoms with E-state index in [9.17, 15) is 13.2 Å². The van der Waals surface area contributed by atoms with Crippen molar-refractivity contribution < 1.29 is 13.2 Å². The van der Waals surface area contributed by atoms with Crippen molar-refractivity contribution in [1.29, 1.82) is 0 Å². The molecule has 6 nitrogen and oxygen atoms in total. The van der Waals surface area contributed by atoms with Crippen molar-refractivity contribution in [2.45, 2.75) is 42.9 Å². The summed E-state index contributed by atoms with van der Waals surface area (Å²) in [5.74, 6) is -0.528. The van der Waals surface area contributed by atoms with Gasteiger partial charge in [0.1, 0.15) is 4.21 Å². The van der Waals surface area contributed by atoms with E-state index in [-0.39, 0.29) is 6.04 Å². The summed E-state index contributed by atoms with van der Waals surface area (Å²) >= 11 is 7.28. The average molecular weight is 456 g/mol. The number of nitrogens with zero attached hydrogens (tertiary/aromatic N) is 1. The monoisotopic (exact) mass is 455 g/mol. The second-order valence-electron chi connectivity index (χ2n) is 7.22. The maximum absolute atomic E-state index is 13.0. The molecule has 0 aliphatic carbocycles. The molecule has 2 aromatic rings. The number of nitrogens with one attached hydrogen (secondary N) is 1. The van der Waals surface area contributed by atoms with Crippen LogP contribution in [0, 0.1) is 0 Å². The summed E-state index contributed by atoms with van der Waals surface area (Å²) in [5.41, 5.74) is 6.53. The third-order valence-corrected chi connectivity index (χ3v) is 8.70. The Morgan fingerprint density at radius 1 is 1.34 bits per heavy atom. The SMILES string of the molecule is CCCCNC1CCN(S(=O)(=O)c2ccc(Cc3cc(Cl)ccc3C(N)=O)s2)C1. The fourth-order valence-electron chi connectivity index (χ4n) is 3.45. The third-order valence-electron chi connectivity index (χ3n) is 5.04. The van der Waals surface area contributed by atoms with E-state index in [1.54, 1.807) is 34.6 Å². The first-order valence-corrected chi connectivity index (χ1v) is 12.3. The first-order valence-electron chi connectivity index (χ1n) is 9.71. The summed E-state index contributed by atoms with van der Waals surface area (Å²) in [5, 5.41) is 3.94. The van der Waals surface area contributed by atoms with Gasteiger partial charge in [0.05, 0.1) is 0 Å². The van der Waals surface area contributed by atoms with Gasteiger partial charge in [0.2, 0.25) is 5.91 Å². The predicted molar refractivity (Wildman–Crippen MR) is 117 cm³/mol. The number of halogens is 1. The highest BCUT2D eigenvalue weighted by Gasteiger charge is 2.33. The van der Waals surface area contributed by atoms with Gasteiger partial charge in [-0.25, -0.2) is 8.42 Å². The molecule has 0 spiro atoms. The molecule has 2 heterocycles. The van der Waals surface area contributed by atoms with Crippen LogP contribution in [0.25, 0.3) is 0 Å². The second-order valence-corrected chi connectivity index (χ2v) is 11.0. The molecular formula is C20H26ClN3O3S2. The van der Waals surface area contributed by atoms with E-state index in [4.69, 9.17) is 17.3 Å². The fraction of sp³-hybridized carbons (Fsp3) is 0.450. The molecule has 0 saturated carbocycles. The lowest BCUT2D eigenvalue weighted by Gasteiger charge is -2.16. The van der Waals surface area contributed by atoms with Gasteiger partial charge in [-0.3, -0.25) is 4.79 Å². The first kappa shape index (κ1) is 22.2. The smallest absolute Gasteiger partial charge is 0.252 e. The standard InChI is InChI=1S/C20H26ClN3O3S2/c1-2-3-9-23-16-8-10-24(13-16)29(26,27)19-7-5-17(28-19)12-14-11-15(21)4-6-18(14)20(22)25/h4-7,11,16,23H,2-3,8-10,12-13H2,1H3,(H2,22,25). The molecule has 158 valence electrons. The first-order chi connectivity index (χ1) is 13.8. The van der Waals surface area contributed by atoms with Crippen molar-refractivity contribution >= 4 is 38.9 Å². The Morgan fingerprint density at radius 3 is 2.86 bits per heavy atom. The van der Waals surface area contributed by atoms with Crippen molar-refractivity contribution in [2.75, 3.05) is 19.6 Å². The summed E-state index contributed by atoms with van der Waals surface area (Å²) in [7, 11) is -3.51. The number of carbonyl (C=O) groups is 1. The molecule has 1 aromatic carbocycles. The highest BCUT2D eigenvalue weighted by atomic mass is 35.5. The van der Waals surface area contributed by atoms with Crippen LogP contribution in [0.5, 0.6) is 0 Å². The van der Waals surface area contributed by atoms with Crippen LogP contribution in [0.3, 0.4) is 0 Å². The lowest BCUT2D eigenvalue weighted by molar-refractivity contribution is 0.0999. The van der Waals surface area contributed by atoms with Crippen LogP contribution in [0.4, 0.5) is 0 Å². The Labute approximate surface area is 181 Å². The van der Waals surface area contributed by atoms with Gasteiger partial charge in [0, 0.05) is 41.0 Å². The Hall–Kier alpha value is -1.45. The Bertz CT molecular complexity index is 975. The lowest BCUT2D eigenvalue weighted by atomic mass is 10.0. The molecule has 1 aliphatic heterocycles. The maximum atomic E-state index is 13.0. The molecule has 1 aromatic heterocycles. The topological polar surface area (TPSA) is 92.5 Å². The number of unbranched alkanes of at least 4 members (excludes halogenated alkanes) is 1. The third kappa shape index (κ3) is 5.38. The van der Waals surface area contributed by atoms with Crippen LogP contribution in [0.1, 0.15) is 47.0 Å². The van der Waals surface area contributed by atoms with Crippen LogP contribution >= 0.6 is 22.9 Å². The van der Waals surface area contributed by atoms with Crippen LogP contribution in [0.15, 0.2) is 34.5 Å². The van der Waals surface area contributed by atoms with E-state index in [2.05, 4.69) is 12.2 Å². The molecule has 3 N–H and O–H groups in total. The Kier molecular flexibility index (Phi) is 7.34.